The Bertz CT molecular complexity index is 1020. The van der Waals surface area contributed by atoms with Gasteiger partial charge in [0.25, 0.3) is 0 Å². The summed E-state index contributed by atoms with van der Waals surface area (Å²) in [6.07, 6.45) is 4.40. The molecule has 0 spiro atoms. The molecule has 9 heteroatoms. The van der Waals surface area contributed by atoms with Gasteiger partial charge in [-0.3, -0.25) is 4.99 Å². The van der Waals surface area contributed by atoms with Crippen LogP contribution in [0.5, 0.6) is 17.2 Å². The molecule has 1 heterocycles. The molecule has 33 heavy (non-hydrogen) atoms. The van der Waals surface area contributed by atoms with Crippen LogP contribution < -0.4 is 24.8 Å². The molecule has 0 bridgehead atoms. The van der Waals surface area contributed by atoms with Crippen LogP contribution in [0.2, 0.25) is 0 Å². The van der Waals surface area contributed by atoms with Crippen LogP contribution in [0.4, 0.5) is 0 Å². The van der Waals surface area contributed by atoms with E-state index in [2.05, 4.69) is 39.8 Å². The average molecular weight is 565 g/mol. The van der Waals surface area contributed by atoms with E-state index in [9.17, 15) is 0 Å². The molecule has 178 valence electrons. The fourth-order valence-electron chi connectivity index (χ4n) is 3.47. The summed E-state index contributed by atoms with van der Waals surface area (Å²) in [6, 6.07) is 14.0. The first-order valence-corrected chi connectivity index (χ1v) is 10.5. The van der Waals surface area contributed by atoms with Crippen molar-refractivity contribution in [3.8, 4) is 22.9 Å². The zero-order valence-corrected chi connectivity index (χ0v) is 22.0. The second kappa shape index (κ2) is 12.9. The number of ether oxygens (including phenoxy) is 3. The molecule has 2 aromatic carbocycles. The number of halogens is 1. The number of methoxy groups -OCH3 is 3. The van der Waals surface area contributed by atoms with Crippen molar-refractivity contribution >= 4 is 29.9 Å². The Hall–Kier alpha value is -2.95. The van der Waals surface area contributed by atoms with E-state index in [1.54, 1.807) is 34.6 Å². The minimum absolute atomic E-state index is 0. The molecular weight excluding hydrogens is 533 g/mol. The molecule has 0 radical (unpaired) electrons. The molecule has 0 aliphatic rings. The number of guanidine groups is 1. The number of aliphatic imine (C=N–C) groups is 1. The third-order valence-corrected chi connectivity index (χ3v) is 5.20. The first-order chi connectivity index (χ1) is 15.6. The highest BCUT2D eigenvalue weighted by molar-refractivity contribution is 14.0. The first-order valence-electron chi connectivity index (χ1n) is 10.5. The van der Waals surface area contributed by atoms with Crippen LogP contribution in [0.25, 0.3) is 5.69 Å². The van der Waals surface area contributed by atoms with E-state index in [1.807, 2.05) is 41.2 Å². The third kappa shape index (κ3) is 6.77. The van der Waals surface area contributed by atoms with Crippen molar-refractivity contribution in [2.75, 3.05) is 34.9 Å². The summed E-state index contributed by atoms with van der Waals surface area (Å²) in [5, 5.41) is 11.1. The van der Waals surface area contributed by atoms with Crippen molar-refractivity contribution in [2.24, 2.45) is 4.99 Å². The number of nitrogens with zero attached hydrogens (tertiary/aromatic N) is 3. The third-order valence-electron chi connectivity index (χ3n) is 5.20. The normalized spacial score (nSPS) is 11.8. The summed E-state index contributed by atoms with van der Waals surface area (Å²) >= 11 is 0. The second-order valence-corrected chi connectivity index (χ2v) is 7.17. The van der Waals surface area contributed by atoms with E-state index in [1.165, 1.54) is 0 Å². The minimum atomic E-state index is 0. The molecule has 3 rings (SSSR count). The molecule has 2 N–H and O–H groups in total. The zero-order valence-electron chi connectivity index (χ0n) is 19.7. The van der Waals surface area contributed by atoms with Gasteiger partial charge in [-0.1, -0.05) is 12.1 Å². The van der Waals surface area contributed by atoms with Gasteiger partial charge in [0.2, 0.25) is 0 Å². The zero-order chi connectivity index (χ0) is 22.9. The standard InChI is InChI=1S/C24H31N5O3.HI/c1-17(18-8-6-9-19(14-18)29-13-7-11-27-29)28-24(25-2)26-12-10-21-22(31-4)15-20(30-3)16-23(21)32-5;/h6-9,11,13-17H,10,12H2,1-5H3,(H2,25,26,28);1H. The van der Waals surface area contributed by atoms with Crippen LogP contribution in [-0.2, 0) is 6.42 Å². The number of aromatic nitrogens is 2. The van der Waals surface area contributed by atoms with Crippen LogP contribution >= 0.6 is 24.0 Å². The highest BCUT2D eigenvalue weighted by Gasteiger charge is 2.14. The lowest BCUT2D eigenvalue weighted by atomic mass is 10.1. The van der Waals surface area contributed by atoms with Crippen molar-refractivity contribution < 1.29 is 14.2 Å². The number of hydrogen-bond donors (Lipinski definition) is 2. The smallest absolute Gasteiger partial charge is 0.191 e. The summed E-state index contributed by atoms with van der Waals surface area (Å²) in [4.78, 5) is 4.36. The van der Waals surface area contributed by atoms with Gasteiger partial charge >= 0.3 is 0 Å². The largest absolute Gasteiger partial charge is 0.496 e. The molecule has 1 unspecified atom stereocenters. The van der Waals surface area contributed by atoms with Crippen molar-refractivity contribution in [1.29, 1.82) is 0 Å². The average Bonchev–Trinajstić information content (AvgIpc) is 3.38. The molecule has 0 fully saturated rings. The SMILES string of the molecule is CN=C(NCCc1c(OC)cc(OC)cc1OC)NC(C)c1cccc(-n2cccn2)c1.I. The molecule has 0 saturated carbocycles. The summed E-state index contributed by atoms with van der Waals surface area (Å²) in [6.45, 7) is 2.75. The van der Waals surface area contributed by atoms with Gasteiger partial charge in [0.05, 0.1) is 33.1 Å². The maximum Gasteiger partial charge on any atom is 0.191 e. The Balaban J connectivity index is 0.00000385. The van der Waals surface area contributed by atoms with Gasteiger partial charge in [0.15, 0.2) is 5.96 Å². The van der Waals surface area contributed by atoms with Crippen molar-refractivity contribution in [2.45, 2.75) is 19.4 Å². The number of rotatable bonds is 9. The first kappa shape index (κ1) is 26.3. The van der Waals surface area contributed by atoms with Crippen LogP contribution in [-0.4, -0.2) is 50.7 Å². The maximum absolute atomic E-state index is 5.54. The molecule has 0 aliphatic carbocycles. The van der Waals surface area contributed by atoms with Gasteiger partial charge in [-0.15, -0.1) is 24.0 Å². The Kier molecular flexibility index (Phi) is 10.3. The topological polar surface area (TPSA) is 81.9 Å². The highest BCUT2D eigenvalue weighted by Crippen LogP contribution is 2.34. The fraction of sp³-hybridized carbons (Fsp3) is 0.333. The van der Waals surface area contributed by atoms with E-state index in [0.717, 1.165) is 28.3 Å². The van der Waals surface area contributed by atoms with E-state index in [0.29, 0.717) is 24.7 Å². The lowest BCUT2D eigenvalue weighted by Gasteiger charge is -2.20. The summed E-state index contributed by atoms with van der Waals surface area (Å²) in [7, 11) is 6.67. The van der Waals surface area contributed by atoms with Gasteiger partial charge in [-0.2, -0.15) is 5.10 Å². The molecule has 0 aliphatic heterocycles. The number of nitrogens with one attached hydrogen (secondary N) is 2. The Morgan fingerprint density at radius 2 is 1.79 bits per heavy atom. The summed E-state index contributed by atoms with van der Waals surface area (Å²) in [5.41, 5.74) is 3.13. The lowest BCUT2D eigenvalue weighted by Crippen LogP contribution is -2.39. The van der Waals surface area contributed by atoms with E-state index >= 15 is 0 Å². The monoisotopic (exact) mass is 565 g/mol. The fourth-order valence-corrected chi connectivity index (χ4v) is 3.47. The minimum Gasteiger partial charge on any atom is -0.496 e. The molecular formula is C24H32IN5O3. The molecule has 0 saturated heterocycles. The van der Waals surface area contributed by atoms with Crippen molar-refractivity contribution in [3.05, 3.63) is 66.0 Å². The van der Waals surface area contributed by atoms with Gasteiger partial charge in [-0.05, 0) is 37.1 Å². The molecule has 3 aromatic rings. The van der Waals surface area contributed by atoms with E-state index in [4.69, 9.17) is 14.2 Å². The van der Waals surface area contributed by atoms with Gasteiger partial charge in [0.1, 0.15) is 17.2 Å². The Morgan fingerprint density at radius 3 is 2.36 bits per heavy atom. The number of benzene rings is 2. The number of hydrogen-bond acceptors (Lipinski definition) is 5. The Morgan fingerprint density at radius 1 is 1.06 bits per heavy atom. The molecule has 8 nitrogen and oxygen atoms in total. The predicted octanol–water partition coefficient (Wildman–Crippen LogP) is 3.98. The van der Waals surface area contributed by atoms with E-state index in [-0.39, 0.29) is 30.0 Å². The van der Waals surface area contributed by atoms with Crippen LogP contribution in [0.3, 0.4) is 0 Å². The quantitative estimate of drug-likeness (QED) is 0.232. The predicted molar refractivity (Wildman–Crippen MR) is 142 cm³/mol. The maximum atomic E-state index is 5.54. The van der Waals surface area contributed by atoms with E-state index < -0.39 is 0 Å². The molecule has 1 atom stereocenters. The highest BCUT2D eigenvalue weighted by atomic mass is 127. The van der Waals surface area contributed by atoms with Crippen LogP contribution in [0.15, 0.2) is 59.9 Å². The lowest BCUT2D eigenvalue weighted by molar-refractivity contribution is 0.368. The van der Waals surface area contributed by atoms with Crippen molar-refractivity contribution in [3.63, 3.8) is 0 Å². The van der Waals surface area contributed by atoms with Crippen LogP contribution in [0, 0.1) is 0 Å². The summed E-state index contributed by atoms with van der Waals surface area (Å²) < 4.78 is 18.2. The molecule has 1 aromatic heterocycles. The van der Waals surface area contributed by atoms with Gasteiger partial charge < -0.3 is 24.8 Å². The van der Waals surface area contributed by atoms with Gasteiger partial charge in [-0.25, -0.2) is 4.68 Å². The summed E-state index contributed by atoms with van der Waals surface area (Å²) in [5.74, 6) is 2.87. The molecule has 0 amide bonds. The van der Waals surface area contributed by atoms with Crippen molar-refractivity contribution in [1.82, 2.24) is 20.4 Å². The second-order valence-electron chi connectivity index (χ2n) is 7.17. The Labute approximate surface area is 212 Å². The van der Waals surface area contributed by atoms with Gasteiger partial charge in [0, 0.05) is 43.7 Å². The van der Waals surface area contributed by atoms with Crippen LogP contribution in [0.1, 0.15) is 24.1 Å².